The van der Waals surface area contributed by atoms with Gasteiger partial charge in [0.05, 0.1) is 29.1 Å². The second-order valence-corrected chi connectivity index (χ2v) is 9.61. The zero-order chi connectivity index (χ0) is 21.3. The van der Waals surface area contributed by atoms with Gasteiger partial charge >= 0.3 is 0 Å². The zero-order valence-electron chi connectivity index (χ0n) is 17.2. The summed E-state index contributed by atoms with van der Waals surface area (Å²) in [7, 11) is -1.67. The molecule has 1 heterocycles. The molecule has 4 rings (SSSR count). The van der Waals surface area contributed by atoms with Gasteiger partial charge in [-0.2, -0.15) is 5.26 Å². The number of aromatic nitrogens is 1. The van der Waals surface area contributed by atoms with E-state index in [0.29, 0.717) is 11.3 Å². The summed E-state index contributed by atoms with van der Waals surface area (Å²) < 4.78 is 34.6. The van der Waals surface area contributed by atoms with Gasteiger partial charge in [0.1, 0.15) is 11.8 Å². The molecule has 1 aromatic heterocycles. The fourth-order valence-electron chi connectivity index (χ4n) is 3.74. The molecule has 1 N–H and O–H groups in total. The highest BCUT2D eigenvalue weighted by Gasteiger charge is 2.35. The summed E-state index contributed by atoms with van der Waals surface area (Å²) in [6, 6.07) is 15.4. The zero-order valence-corrected chi connectivity index (χ0v) is 18.0. The van der Waals surface area contributed by atoms with Gasteiger partial charge in [0.25, 0.3) is 0 Å². The second kappa shape index (κ2) is 8.04. The summed E-state index contributed by atoms with van der Waals surface area (Å²) in [6.07, 6.45) is 3.46. The van der Waals surface area contributed by atoms with Crippen LogP contribution in [0.25, 0.3) is 22.2 Å². The number of nitrogens with zero attached hydrogens (tertiary/aromatic N) is 2. The van der Waals surface area contributed by atoms with Crippen LogP contribution in [0.1, 0.15) is 38.2 Å². The van der Waals surface area contributed by atoms with Crippen LogP contribution in [0.2, 0.25) is 0 Å². The molecule has 0 atom stereocenters. The van der Waals surface area contributed by atoms with E-state index in [1.807, 2.05) is 30.3 Å². The van der Waals surface area contributed by atoms with Gasteiger partial charge in [0, 0.05) is 23.7 Å². The monoisotopic (exact) mass is 423 g/mol. The number of ether oxygens (including phenoxy) is 1. The number of methoxy groups -OCH3 is 1. The van der Waals surface area contributed by atoms with Gasteiger partial charge < -0.3 is 9.30 Å². The Morgan fingerprint density at radius 2 is 1.93 bits per heavy atom. The lowest BCUT2D eigenvalue weighted by atomic mass is 10.1. The topological polar surface area (TPSA) is 84.1 Å². The number of aryl methyl sites for hydroxylation is 1. The van der Waals surface area contributed by atoms with E-state index in [9.17, 15) is 13.7 Å². The minimum absolute atomic E-state index is 0.270. The molecule has 2 aromatic carbocycles. The molecule has 0 spiro atoms. The van der Waals surface area contributed by atoms with Gasteiger partial charge in [-0.05, 0) is 49.1 Å². The van der Waals surface area contributed by atoms with Gasteiger partial charge in [-0.3, -0.25) is 4.72 Å². The van der Waals surface area contributed by atoms with E-state index in [4.69, 9.17) is 4.74 Å². The molecule has 1 aliphatic carbocycles. The van der Waals surface area contributed by atoms with E-state index in [-0.39, 0.29) is 5.25 Å². The van der Waals surface area contributed by atoms with E-state index in [2.05, 4.69) is 22.3 Å². The van der Waals surface area contributed by atoms with Crippen molar-refractivity contribution in [3.05, 3.63) is 48.0 Å². The lowest BCUT2D eigenvalue weighted by Crippen LogP contribution is -2.17. The molecule has 1 saturated carbocycles. The number of anilines is 1. The molecular formula is C23H25N3O3S. The van der Waals surface area contributed by atoms with E-state index in [1.165, 1.54) is 0 Å². The van der Waals surface area contributed by atoms with E-state index < -0.39 is 10.0 Å². The molecule has 156 valence electrons. The first-order chi connectivity index (χ1) is 14.5. The Hall–Kier alpha value is -2.98. The average molecular weight is 424 g/mol. The minimum Gasteiger partial charge on any atom is -0.497 e. The summed E-state index contributed by atoms with van der Waals surface area (Å²) in [5.74, 6) is 0.749. The Balaban J connectivity index is 1.79. The number of rotatable bonds is 8. The quantitative estimate of drug-likeness (QED) is 0.559. The minimum atomic E-state index is -3.30. The maximum Gasteiger partial charge on any atom is 0.235 e. The third-order valence-electron chi connectivity index (χ3n) is 5.50. The number of hydrogen-bond donors (Lipinski definition) is 1. The number of hydrogen-bond acceptors (Lipinski definition) is 4. The van der Waals surface area contributed by atoms with Crippen molar-refractivity contribution < 1.29 is 13.2 Å². The van der Waals surface area contributed by atoms with Crippen LogP contribution in [0.15, 0.2) is 42.5 Å². The number of nitriles is 1. The lowest BCUT2D eigenvalue weighted by molar-refractivity contribution is 0.415. The van der Waals surface area contributed by atoms with Gasteiger partial charge in [0.2, 0.25) is 10.0 Å². The van der Waals surface area contributed by atoms with Crippen LogP contribution in [0.4, 0.5) is 5.69 Å². The molecule has 0 unspecified atom stereocenters. The Morgan fingerprint density at radius 1 is 1.20 bits per heavy atom. The number of fused-ring (bicyclic) bond motifs is 1. The molecule has 3 aromatic rings. The molecule has 0 saturated heterocycles. The molecule has 0 amide bonds. The van der Waals surface area contributed by atoms with Crippen LogP contribution in [0, 0.1) is 11.3 Å². The Labute approximate surface area is 177 Å². The molecule has 1 aliphatic rings. The van der Waals surface area contributed by atoms with Crippen molar-refractivity contribution in [2.45, 2.75) is 44.4 Å². The van der Waals surface area contributed by atoms with Crippen molar-refractivity contribution in [2.24, 2.45) is 0 Å². The van der Waals surface area contributed by atoms with E-state index >= 15 is 0 Å². The van der Waals surface area contributed by atoms with Crippen molar-refractivity contribution >= 4 is 26.6 Å². The number of nitrogens with one attached hydrogen (secondary N) is 1. The molecule has 0 bridgehead atoms. The summed E-state index contributed by atoms with van der Waals surface area (Å²) in [5.41, 5.74) is 3.86. The van der Waals surface area contributed by atoms with Crippen LogP contribution >= 0.6 is 0 Å². The first-order valence-electron chi connectivity index (χ1n) is 10.2. The second-order valence-electron chi connectivity index (χ2n) is 7.65. The molecule has 7 heteroatoms. The number of sulfonamides is 1. The predicted molar refractivity (Wildman–Crippen MR) is 119 cm³/mol. The van der Waals surface area contributed by atoms with Gasteiger partial charge in [0.15, 0.2) is 0 Å². The highest BCUT2D eigenvalue weighted by atomic mass is 32.2. The lowest BCUT2D eigenvalue weighted by Gasteiger charge is -2.12. The van der Waals surface area contributed by atoms with Crippen molar-refractivity contribution in [1.29, 1.82) is 5.26 Å². The normalized spacial score (nSPS) is 13.9. The van der Waals surface area contributed by atoms with E-state index in [1.54, 1.807) is 19.2 Å². The third kappa shape index (κ3) is 3.75. The first-order valence-corrected chi connectivity index (χ1v) is 11.8. The smallest absolute Gasteiger partial charge is 0.235 e. The summed E-state index contributed by atoms with van der Waals surface area (Å²) in [6.45, 7) is 2.92. The number of benzene rings is 2. The Bertz CT molecular complexity index is 1220. The van der Waals surface area contributed by atoms with Crippen molar-refractivity contribution in [1.82, 2.24) is 4.57 Å². The summed E-state index contributed by atoms with van der Waals surface area (Å²) in [4.78, 5) is 0. The fraction of sp³-hybridized carbons (Fsp3) is 0.348. The number of unbranched alkanes of at least 4 members (excludes halogenated alkanes) is 1. The van der Waals surface area contributed by atoms with Crippen LogP contribution in [-0.4, -0.2) is 25.3 Å². The predicted octanol–water partition coefficient (Wildman–Crippen LogP) is 4.89. The molecular weight excluding hydrogens is 398 g/mol. The van der Waals surface area contributed by atoms with Crippen molar-refractivity contribution in [2.75, 3.05) is 11.8 Å². The maximum absolute atomic E-state index is 12.2. The molecule has 0 radical (unpaired) electrons. The van der Waals surface area contributed by atoms with Crippen LogP contribution in [0.3, 0.4) is 0 Å². The molecule has 6 nitrogen and oxygen atoms in total. The highest BCUT2D eigenvalue weighted by molar-refractivity contribution is 7.93. The van der Waals surface area contributed by atoms with Crippen LogP contribution in [-0.2, 0) is 16.6 Å². The average Bonchev–Trinajstić information content (AvgIpc) is 3.56. The molecule has 0 aliphatic heterocycles. The van der Waals surface area contributed by atoms with Crippen LogP contribution < -0.4 is 9.46 Å². The first kappa shape index (κ1) is 20.3. The van der Waals surface area contributed by atoms with Crippen LogP contribution in [0.5, 0.6) is 5.75 Å². The standard InChI is InChI=1S/C23H25N3O3S/c1-3-4-13-26-22-14-18(29-2)9-12-20(22)21(15-24)23(26)16-5-7-17(8-6-16)25-30(27,28)19-10-11-19/h5-9,12,14,19,25H,3-4,10-11,13H2,1-2H3. The Kier molecular flexibility index (Phi) is 5.44. The Morgan fingerprint density at radius 3 is 2.53 bits per heavy atom. The summed E-state index contributed by atoms with van der Waals surface area (Å²) in [5, 5.41) is 10.6. The maximum atomic E-state index is 12.2. The SMILES string of the molecule is CCCCn1c(-c2ccc(NS(=O)(=O)C3CC3)cc2)c(C#N)c2ccc(OC)cc21. The van der Waals surface area contributed by atoms with Crippen molar-refractivity contribution in [3.63, 3.8) is 0 Å². The third-order valence-corrected chi connectivity index (χ3v) is 7.37. The van der Waals surface area contributed by atoms with E-state index in [0.717, 1.165) is 60.1 Å². The van der Waals surface area contributed by atoms with Gasteiger partial charge in [-0.15, -0.1) is 0 Å². The largest absolute Gasteiger partial charge is 0.497 e. The van der Waals surface area contributed by atoms with Gasteiger partial charge in [-0.25, -0.2) is 8.42 Å². The highest BCUT2D eigenvalue weighted by Crippen LogP contribution is 2.36. The molecule has 1 fully saturated rings. The summed E-state index contributed by atoms with van der Waals surface area (Å²) >= 11 is 0. The van der Waals surface area contributed by atoms with Crippen molar-refractivity contribution in [3.8, 4) is 23.1 Å². The van der Waals surface area contributed by atoms with Gasteiger partial charge in [-0.1, -0.05) is 25.5 Å². The fourth-order valence-corrected chi connectivity index (χ4v) is 5.13. The molecule has 30 heavy (non-hydrogen) atoms.